The Morgan fingerprint density at radius 1 is 0.722 bits per heavy atom. The fraction of sp³-hybridized carbons (Fsp3) is 0.143. The molecule has 2 aromatic rings. The fourth-order valence-corrected chi connectivity index (χ4v) is 1.54. The average Bonchev–Trinajstić information content (AvgIpc) is 2.42. The average molecular weight is 316 g/mol. The Labute approximate surface area is 125 Å². The number of hydrogen-bond donors (Lipinski definition) is 1. The van der Waals surface area contributed by atoms with Crippen LogP contribution in [0.2, 0.25) is 0 Å². The predicted octanol–water partition coefficient (Wildman–Crippen LogP) is 4.35. The van der Waals surface area contributed by atoms with Gasteiger partial charge in [-0.25, -0.2) is 0 Å². The number of nitrogens with one attached hydrogen (secondary N) is 1. The first-order valence-corrected chi connectivity index (χ1v) is 9.91. The summed E-state index contributed by atoms with van der Waals surface area (Å²) in [5.41, 5.74) is 2.65. The molecule has 0 spiro atoms. The molecule has 0 saturated heterocycles. The van der Waals surface area contributed by atoms with E-state index in [4.69, 9.17) is 18.6 Å². The van der Waals surface area contributed by atoms with E-state index in [9.17, 15) is 0 Å². The van der Waals surface area contributed by atoms with Crippen molar-refractivity contribution in [3.05, 3.63) is 71.8 Å². The minimum absolute atomic E-state index is 0.556. The molecule has 0 heterocycles. The van der Waals surface area contributed by atoms with Gasteiger partial charge in [-0.2, -0.15) is 0 Å². The molecular formula is C14H15Cl2NTi. The van der Waals surface area contributed by atoms with Gasteiger partial charge in [0.2, 0.25) is 0 Å². The van der Waals surface area contributed by atoms with Gasteiger partial charge < -0.3 is 5.32 Å². The largest absolute Gasteiger partial charge is 0.309 e. The Bertz CT molecular complexity index is 369. The summed E-state index contributed by atoms with van der Waals surface area (Å²) in [4.78, 5) is 0. The van der Waals surface area contributed by atoms with Crippen molar-refractivity contribution in [2.45, 2.75) is 13.1 Å². The maximum atomic E-state index is 4.89. The van der Waals surface area contributed by atoms with E-state index in [2.05, 4.69) is 53.8 Å². The van der Waals surface area contributed by atoms with E-state index < -0.39 is 17.0 Å². The third-order valence-electron chi connectivity index (χ3n) is 2.34. The molecule has 0 aromatic heterocycles. The summed E-state index contributed by atoms with van der Waals surface area (Å²) in [5.74, 6) is 0. The molecule has 94 valence electrons. The minimum atomic E-state index is -0.556. The minimum Gasteiger partial charge on any atom is -0.309 e. The van der Waals surface area contributed by atoms with Gasteiger partial charge in [-0.05, 0) is 11.1 Å². The van der Waals surface area contributed by atoms with Crippen molar-refractivity contribution in [3.8, 4) is 0 Å². The van der Waals surface area contributed by atoms with Crippen LogP contribution in [0.15, 0.2) is 60.7 Å². The van der Waals surface area contributed by atoms with Gasteiger partial charge in [0.15, 0.2) is 0 Å². The summed E-state index contributed by atoms with van der Waals surface area (Å²) in [6, 6.07) is 20.9. The first kappa shape index (κ1) is 15.8. The van der Waals surface area contributed by atoms with Crippen molar-refractivity contribution in [3.63, 3.8) is 0 Å². The Morgan fingerprint density at radius 2 is 1.06 bits per heavy atom. The number of hydrogen-bond acceptors (Lipinski definition) is 1. The van der Waals surface area contributed by atoms with Gasteiger partial charge in [0.05, 0.1) is 0 Å². The molecule has 2 aromatic carbocycles. The van der Waals surface area contributed by atoms with E-state index in [1.165, 1.54) is 11.1 Å². The van der Waals surface area contributed by atoms with Crippen LogP contribution in [0.5, 0.6) is 0 Å². The third-order valence-corrected chi connectivity index (χ3v) is 2.34. The van der Waals surface area contributed by atoms with Gasteiger partial charge in [0, 0.05) is 13.1 Å². The molecule has 1 N–H and O–H groups in total. The summed E-state index contributed by atoms with van der Waals surface area (Å²) in [7, 11) is 9.78. The standard InChI is InChI=1S/C14H15N.2ClH.Ti/c1-3-7-13(8-4-1)11-15-12-14-9-5-2-6-10-14;;;/h1-10,15H,11-12H2;2*1H;/q;;;+2/p-2. The number of benzene rings is 2. The van der Waals surface area contributed by atoms with Crippen molar-refractivity contribution >= 4 is 18.6 Å². The van der Waals surface area contributed by atoms with Crippen LogP contribution in [0.25, 0.3) is 0 Å². The van der Waals surface area contributed by atoms with Crippen LogP contribution in [0.3, 0.4) is 0 Å². The van der Waals surface area contributed by atoms with Crippen molar-refractivity contribution in [1.82, 2.24) is 5.32 Å². The molecule has 1 nitrogen and oxygen atoms in total. The van der Waals surface area contributed by atoms with Crippen LogP contribution in [-0.2, 0) is 30.1 Å². The maximum Gasteiger partial charge on any atom is 0.0208 e. The number of rotatable bonds is 4. The molecule has 2 rings (SSSR count). The van der Waals surface area contributed by atoms with Gasteiger partial charge in [-0.3, -0.25) is 0 Å². The molecule has 0 fully saturated rings. The molecule has 0 unspecified atom stereocenters. The molecule has 0 atom stereocenters. The monoisotopic (exact) mass is 315 g/mol. The molecule has 0 bridgehead atoms. The molecule has 4 heteroatoms. The van der Waals surface area contributed by atoms with E-state index in [1.807, 2.05) is 12.1 Å². The van der Waals surface area contributed by atoms with Crippen LogP contribution < -0.4 is 5.32 Å². The summed E-state index contributed by atoms with van der Waals surface area (Å²) in [6.45, 7) is 1.85. The Hall–Kier alpha value is -0.306. The van der Waals surface area contributed by atoms with E-state index in [0.29, 0.717) is 0 Å². The van der Waals surface area contributed by atoms with Crippen molar-refractivity contribution in [2.75, 3.05) is 0 Å². The molecule has 18 heavy (non-hydrogen) atoms. The summed E-state index contributed by atoms with van der Waals surface area (Å²) < 4.78 is 0. The first-order chi connectivity index (χ1) is 8.86. The fourth-order valence-electron chi connectivity index (χ4n) is 1.54. The molecule has 0 aliphatic rings. The first-order valence-electron chi connectivity index (χ1n) is 5.61. The Balaban J connectivity index is 0.000000492. The zero-order chi connectivity index (χ0) is 13.1. The SMILES string of the molecule is [Cl][Ti][Cl].c1ccc(CNCc2ccccc2)cc1. The second-order valence-electron chi connectivity index (χ2n) is 3.65. The van der Waals surface area contributed by atoms with Gasteiger partial charge in [0.25, 0.3) is 0 Å². The van der Waals surface area contributed by atoms with E-state index in [1.54, 1.807) is 0 Å². The molecule has 0 aliphatic carbocycles. The topological polar surface area (TPSA) is 12.0 Å². The Kier molecular flexibility index (Phi) is 9.28. The predicted molar refractivity (Wildman–Crippen MR) is 75.1 cm³/mol. The second-order valence-corrected chi connectivity index (χ2v) is 6.23. The van der Waals surface area contributed by atoms with Crippen LogP contribution >= 0.6 is 18.6 Å². The van der Waals surface area contributed by atoms with Crippen LogP contribution in [0, 0.1) is 0 Å². The normalized spacial score (nSPS) is 9.22. The molecule has 0 aliphatic heterocycles. The van der Waals surface area contributed by atoms with E-state index in [-0.39, 0.29) is 0 Å². The zero-order valence-electron chi connectivity index (χ0n) is 9.94. The second kappa shape index (κ2) is 10.6. The van der Waals surface area contributed by atoms with Gasteiger partial charge in [0.1, 0.15) is 0 Å². The zero-order valence-corrected chi connectivity index (χ0v) is 13.0. The summed E-state index contributed by atoms with van der Waals surface area (Å²) in [5, 5.41) is 3.42. The molecular weight excluding hydrogens is 301 g/mol. The smallest absolute Gasteiger partial charge is 0.0208 e. The summed E-state index contributed by atoms with van der Waals surface area (Å²) in [6.07, 6.45) is 0. The number of halogens is 2. The van der Waals surface area contributed by atoms with Crippen LogP contribution in [0.4, 0.5) is 0 Å². The summed E-state index contributed by atoms with van der Waals surface area (Å²) >= 11 is -0.556. The van der Waals surface area contributed by atoms with Crippen LogP contribution in [-0.4, -0.2) is 0 Å². The van der Waals surface area contributed by atoms with Gasteiger partial charge in [-0.1, -0.05) is 60.7 Å². The quantitative estimate of drug-likeness (QED) is 0.827. The molecule has 0 saturated carbocycles. The van der Waals surface area contributed by atoms with E-state index in [0.717, 1.165) is 13.1 Å². The van der Waals surface area contributed by atoms with Gasteiger partial charge >= 0.3 is 35.6 Å². The third kappa shape index (κ3) is 7.20. The maximum absolute atomic E-state index is 4.89. The molecule has 0 amide bonds. The van der Waals surface area contributed by atoms with E-state index >= 15 is 0 Å². The van der Waals surface area contributed by atoms with Gasteiger partial charge in [-0.15, -0.1) is 0 Å². The van der Waals surface area contributed by atoms with Crippen molar-refractivity contribution in [1.29, 1.82) is 0 Å². The Morgan fingerprint density at radius 3 is 1.39 bits per heavy atom. The van der Waals surface area contributed by atoms with Crippen molar-refractivity contribution in [2.24, 2.45) is 0 Å². The van der Waals surface area contributed by atoms with Crippen LogP contribution in [0.1, 0.15) is 11.1 Å². The van der Waals surface area contributed by atoms with Crippen molar-refractivity contribution < 1.29 is 17.0 Å². The molecule has 0 radical (unpaired) electrons.